The Hall–Kier alpha value is -3.95. The van der Waals surface area contributed by atoms with Crippen LogP contribution in [0.3, 0.4) is 0 Å². The number of hydrogen-bond acceptors (Lipinski definition) is 8. The summed E-state index contributed by atoms with van der Waals surface area (Å²) in [5.74, 6) is -7.40. The second kappa shape index (κ2) is 14.2. The summed E-state index contributed by atoms with van der Waals surface area (Å²) >= 11 is 0. The van der Waals surface area contributed by atoms with Crippen LogP contribution in [-0.2, 0) is 28.8 Å². The fourth-order valence-electron chi connectivity index (χ4n) is 2.38. The summed E-state index contributed by atoms with van der Waals surface area (Å²) in [7, 11) is 0. The molecule has 0 radical (unpaired) electrons. The van der Waals surface area contributed by atoms with E-state index in [1.165, 1.54) is 6.92 Å². The molecule has 0 spiro atoms. The molecule has 0 heterocycles. The largest absolute Gasteiger partial charge is 0.481 e. The Kier molecular flexibility index (Phi) is 12.5. The maximum Gasteiger partial charge on any atom is 0.326 e. The Bertz CT molecular complexity index is 783. The first kappa shape index (κ1) is 29.0. The highest BCUT2D eigenvalue weighted by atomic mass is 16.4. The van der Waals surface area contributed by atoms with E-state index in [-0.39, 0.29) is 25.3 Å². The molecule has 0 bridgehead atoms. The molecule has 0 aromatic heterocycles. The number of amides is 3. The molecular weight excluding hydrogens is 446 g/mol. The van der Waals surface area contributed by atoms with E-state index in [1.807, 2.05) is 5.32 Å². The normalized spacial score (nSPS) is 14.0. The third kappa shape index (κ3) is 12.5. The van der Waals surface area contributed by atoms with Crippen molar-refractivity contribution in [3.05, 3.63) is 0 Å². The van der Waals surface area contributed by atoms with Gasteiger partial charge in [-0.25, -0.2) is 4.79 Å². The van der Waals surface area contributed by atoms with Gasteiger partial charge >= 0.3 is 17.9 Å². The van der Waals surface area contributed by atoms with Crippen LogP contribution in [0.5, 0.6) is 0 Å². The second-order valence-corrected chi connectivity index (χ2v) is 6.94. The van der Waals surface area contributed by atoms with Crippen LogP contribution in [0.1, 0.15) is 32.6 Å². The van der Waals surface area contributed by atoms with Crippen LogP contribution in [0.15, 0.2) is 4.99 Å². The highest BCUT2D eigenvalue weighted by Crippen LogP contribution is 2.01. The lowest BCUT2D eigenvalue weighted by Crippen LogP contribution is -2.56. The summed E-state index contributed by atoms with van der Waals surface area (Å²) in [5, 5.41) is 33.3. The van der Waals surface area contributed by atoms with Crippen LogP contribution in [0, 0.1) is 0 Å². The monoisotopic (exact) mass is 475 g/mol. The van der Waals surface area contributed by atoms with Gasteiger partial charge < -0.3 is 48.5 Å². The number of nitrogens with one attached hydrogen (secondary N) is 3. The minimum absolute atomic E-state index is 0.0162. The van der Waals surface area contributed by atoms with Gasteiger partial charge in [0.25, 0.3) is 0 Å². The molecule has 0 saturated heterocycles. The van der Waals surface area contributed by atoms with Gasteiger partial charge in [-0.1, -0.05) is 0 Å². The highest BCUT2D eigenvalue weighted by Gasteiger charge is 2.30. The van der Waals surface area contributed by atoms with Gasteiger partial charge in [-0.15, -0.1) is 0 Å². The maximum atomic E-state index is 12.4. The molecule has 0 fully saturated rings. The van der Waals surface area contributed by atoms with Gasteiger partial charge in [0.1, 0.15) is 18.1 Å². The zero-order chi connectivity index (χ0) is 25.7. The lowest BCUT2D eigenvalue weighted by molar-refractivity contribution is -0.143. The molecule has 186 valence electrons. The number of aliphatic imine (C=N–C) groups is 1. The van der Waals surface area contributed by atoms with Crippen molar-refractivity contribution in [2.24, 2.45) is 22.2 Å². The minimum Gasteiger partial charge on any atom is -0.481 e. The van der Waals surface area contributed by atoms with Gasteiger partial charge in [0, 0.05) is 6.54 Å². The first-order chi connectivity index (χ1) is 15.2. The number of carboxylic acids is 3. The molecule has 0 aliphatic heterocycles. The summed E-state index contributed by atoms with van der Waals surface area (Å²) in [6.45, 7) is 1.34. The Labute approximate surface area is 187 Å². The standard InChI is InChI=1S/C17H29N7O9/c1-7(13(29)23-9(16(32)33)3-2-4-21-17(19)20)22-15(31)10(6-12(27)28)24-14(30)8(18)5-11(25)26/h7-10H,2-6,18H2,1H3,(H,22,31)(H,23,29)(H,24,30)(H,25,26)(H,27,28)(H,32,33)(H4,19,20,21). The maximum absolute atomic E-state index is 12.4. The number of carbonyl (C=O) groups is 6. The van der Waals surface area contributed by atoms with E-state index >= 15 is 0 Å². The van der Waals surface area contributed by atoms with E-state index in [0.29, 0.717) is 0 Å². The first-order valence-corrected chi connectivity index (χ1v) is 9.63. The minimum atomic E-state index is -1.67. The molecule has 4 atom stereocenters. The van der Waals surface area contributed by atoms with Gasteiger partial charge in [0.15, 0.2) is 5.96 Å². The van der Waals surface area contributed by atoms with Crippen molar-refractivity contribution >= 4 is 41.6 Å². The number of aliphatic carboxylic acids is 3. The van der Waals surface area contributed by atoms with Crippen LogP contribution in [0.25, 0.3) is 0 Å². The fourth-order valence-corrected chi connectivity index (χ4v) is 2.38. The molecule has 4 unspecified atom stereocenters. The molecule has 0 aliphatic carbocycles. The number of nitrogens with zero attached hydrogens (tertiary/aromatic N) is 1. The molecule has 16 nitrogen and oxygen atoms in total. The van der Waals surface area contributed by atoms with Crippen molar-refractivity contribution in [2.45, 2.75) is 56.8 Å². The second-order valence-electron chi connectivity index (χ2n) is 6.94. The Balaban J connectivity index is 5.05. The third-order valence-electron chi connectivity index (χ3n) is 4.05. The number of rotatable bonds is 15. The predicted molar refractivity (Wildman–Crippen MR) is 111 cm³/mol. The van der Waals surface area contributed by atoms with Gasteiger partial charge in [0.2, 0.25) is 17.7 Å². The Morgan fingerprint density at radius 2 is 1.36 bits per heavy atom. The zero-order valence-corrected chi connectivity index (χ0v) is 17.8. The SMILES string of the molecule is CC(NC(=O)C(CC(=O)O)NC(=O)C(N)CC(=O)O)C(=O)NC(CCCN=C(N)N)C(=O)O. The Morgan fingerprint density at radius 1 is 0.818 bits per heavy atom. The zero-order valence-electron chi connectivity index (χ0n) is 17.8. The van der Waals surface area contributed by atoms with E-state index in [4.69, 9.17) is 27.4 Å². The van der Waals surface area contributed by atoms with Gasteiger partial charge in [-0.05, 0) is 19.8 Å². The van der Waals surface area contributed by atoms with E-state index in [1.54, 1.807) is 0 Å². The number of carboxylic acid groups (broad SMARTS) is 3. The van der Waals surface area contributed by atoms with Gasteiger partial charge in [0.05, 0.1) is 18.9 Å². The average molecular weight is 475 g/mol. The lowest BCUT2D eigenvalue weighted by atomic mass is 10.1. The Morgan fingerprint density at radius 3 is 1.85 bits per heavy atom. The summed E-state index contributed by atoms with van der Waals surface area (Å²) in [4.78, 5) is 73.3. The van der Waals surface area contributed by atoms with Crippen molar-refractivity contribution in [3.63, 3.8) is 0 Å². The molecule has 0 aliphatic rings. The molecule has 0 aromatic carbocycles. The smallest absolute Gasteiger partial charge is 0.326 e. The van der Waals surface area contributed by atoms with Crippen molar-refractivity contribution in [1.82, 2.24) is 16.0 Å². The molecule has 0 saturated carbocycles. The van der Waals surface area contributed by atoms with Gasteiger partial charge in [-0.3, -0.25) is 29.0 Å². The van der Waals surface area contributed by atoms with Crippen molar-refractivity contribution in [3.8, 4) is 0 Å². The van der Waals surface area contributed by atoms with Crippen molar-refractivity contribution in [1.29, 1.82) is 0 Å². The number of guanidine groups is 1. The summed E-state index contributed by atoms with van der Waals surface area (Å²) < 4.78 is 0. The lowest BCUT2D eigenvalue weighted by Gasteiger charge is -2.22. The van der Waals surface area contributed by atoms with Crippen molar-refractivity contribution < 1.29 is 44.1 Å². The average Bonchev–Trinajstić information content (AvgIpc) is 2.67. The number of carbonyl (C=O) groups excluding carboxylic acids is 3. The molecule has 16 heteroatoms. The molecule has 12 N–H and O–H groups in total. The van der Waals surface area contributed by atoms with Crippen LogP contribution >= 0.6 is 0 Å². The van der Waals surface area contributed by atoms with Gasteiger partial charge in [-0.2, -0.15) is 0 Å². The fraction of sp³-hybridized carbons (Fsp3) is 0.588. The van der Waals surface area contributed by atoms with Crippen LogP contribution in [-0.4, -0.2) is 87.6 Å². The summed E-state index contributed by atoms with van der Waals surface area (Å²) in [6.07, 6.45) is -1.42. The van der Waals surface area contributed by atoms with Crippen molar-refractivity contribution in [2.75, 3.05) is 6.54 Å². The van der Waals surface area contributed by atoms with Crippen LogP contribution < -0.4 is 33.2 Å². The predicted octanol–water partition coefficient (Wildman–Crippen LogP) is -4.12. The molecular formula is C17H29N7O9. The number of nitrogens with two attached hydrogens (primary N) is 3. The number of hydrogen-bond donors (Lipinski definition) is 9. The molecule has 0 rings (SSSR count). The highest BCUT2D eigenvalue weighted by molar-refractivity contribution is 5.96. The summed E-state index contributed by atoms with van der Waals surface area (Å²) in [5.41, 5.74) is 15.7. The van der Waals surface area contributed by atoms with Crippen LogP contribution in [0.4, 0.5) is 0 Å². The topological polar surface area (TPSA) is 290 Å². The van der Waals surface area contributed by atoms with E-state index in [9.17, 15) is 33.9 Å². The molecule has 33 heavy (non-hydrogen) atoms. The van der Waals surface area contributed by atoms with Crippen LogP contribution in [0.2, 0.25) is 0 Å². The van der Waals surface area contributed by atoms with E-state index < -0.39 is 72.6 Å². The summed E-state index contributed by atoms with van der Waals surface area (Å²) in [6, 6.07) is -5.82. The first-order valence-electron chi connectivity index (χ1n) is 9.63. The van der Waals surface area contributed by atoms with E-state index in [2.05, 4.69) is 15.6 Å². The molecule has 3 amide bonds. The molecule has 0 aromatic rings. The quantitative estimate of drug-likeness (QED) is 0.0620. The van der Waals surface area contributed by atoms with E-state index in [0.717, 1.165) is 0 Å². The third-order valence-corrected chi connectivity index (χ3v) is 4.05.